The minimum atomic E-state index is -4.42. The first-order chi connectivity index (χ1) is 15.1. The number of anilines is 4. The van der Waals surface area contributed by atoms with Gasteiger partial charge in [-0.15, -0.1) is 0 Å². The second-order valence-electron chi connectivity index (χ2n) is 7.49. The van der Waals surface area contributed by atoms with E-state index in [1.54, 1.807) is 24.1 Å². The van der Waals surface area contributed by atoms with E-state index in [-0.39, 0.29) is 11.7 Å². The standard InChI is InChI=1S/C23H21F3N6/c1-14(27)32-19-8-2-15(16-3-9-21(28)30-13-16)12-20(19)31(11-10-22(32)29)18-6-4-17(5-7-18)23(24,25)26/h2-9,12-13,27,29H,10-11H2,1H3,(H2,28,30). The Labute approximate surface area is 183 Å². The maximum absolute atomic E-state index is 13.0. The molecule has 164 valence electrons. The summed E-state index contributed by atoms with van der Waals surface area (Å²) in [7, 11) is 0. The SMILES string of the molecule is CC(=N)N1C(=N)CCN(c2ccc(C(F)(F)F)cc2)c2cc(-c3ccc(N)nc3)ccc21. The molecule has 0 atom stereocenters. The number of nitrogens with zero attached hydrogens (tertiary/aromatic N) is 3. The van der Waals surface area contributed by atoms with E-state index in [9.17, 15) is 13.2 Å². The van der Waals surface area contributed by atoms with Crippen LogP contribution >= 0.6 is 0 Å². The Morgan fingerprint density at radius 3 is 2.28 bits per heavy atom. The minimum Gasteiger partial charge on any atom is -0.384 e. The zero-order chi connectivity index (χ0) is 23.0. The van der Waals surface area contributed by atoms with Gasteiger partial charge in [-0.25, -0.2) is 4.98 Å². The summed E-state index contributed by atoms with van der Waals surface area (Å²) in [6.45, 7) is 1.98. The molecule has 0 radical (unpaired) electrons. The predicted molar refractivity (Wildman–Crippen MR) is 121 cm³/mol. The number of nitrogen functional groups attached to an aromatic ring is 1. The van der Waals surface area contributed by atoms with Crippen molar-refractivity contribution in [2.75, 3.05) is 22.1 Å². The summed E-state index contributed by atoms with van der Waals surface area (Å²) in [6.07, 6.45) is -2.44. The predicted octanol–water partition coefficient (Wildman–Crippen LogP) is 5.67. The highest BCUT2D eigenvalue weighted by molar-refractivity contribution is 6.19. The number of amidine groups is 2. The van der Waals surface area contributed by atoms with Gasteiger partial charge in [0, 0.05) is 30.4 Å². The largest absolute Gasteiger partial charge is 0.416 e. The maximum atomic E-state index is 13.0. The van der Waals surface area contributed by atoms with Crippen LogP contribution in [0, 0.1) is 10.8 Å². The first-order valence-electron chi connectivity index (χ1n) is 9.88. The third-order valence-electron chi connectivity index (χ3n) is 5.31. The van der Waals surface area contributed by atoms with Gasteiger partial charge < -0.3 is 10.6 Å². The van der Waals surface area contributed by atoms with Crippen LogP contribution in [0.15, 0.2) is 60.8 Å². The van der Waals surface area contributed by atoms with Crippen LogP contribution < -0.4 is 15.5 Å². The zero-order valence-electron chi connectivity index (χ0n) is 17.2. The van der Waals surface area contributed by atoms with Crippen LogP contribution in [0.3, 0.4) is 0 Å². The molecule has 1 aliphatic heterocycles. The van der Waals surface area contributed by atoms with Crippen molar-refractivity contribution in [1.29, 1.82) is 10.8 Å². The van der Waals surface area contributed by atoms with Gasteiger partial charge >= 0.3 is 6.18 Å². The van der Waals surface area contributed by atoms with Gasteiger partial charge in [0.2, 0.25) is 0 Å². The average molecular weight is 438 g/mol. The fourth-order valence-corrected chi connectivity index (χ4v) is 3.76. The number of benzene rings is 2. The summed E-state index contributed by atoms with van der Waals surface area (Å²) < 4.78 is 39.1. The fourth-order valence-electron chi connectivity index (χ4n) is 3.76. The van der Waals surface area contributed by atoms with Gasteiger partial charge in [0.1, 0.15) is 17.5 Å². The molecule has 0 fully saturated rings. The average Bonchev–Trinajstić information content (AvgIpc) is 2.89. The fraction of sp³-hybridized carbons (Fsp3) is 0.174. The van der Waals surface area contributed by atoms with Crippen LogP contribution in [0.4, 0.5) is 36.1 Å². The minimum absolute atomic E-state index is 0.187. The number of pyridine rings is 1. The van der Waals surface area contributed by atoms with Gasteiger partial charge in [-0.3, -0.25) is 15.7 Å². The molecular formula is C23H21F3N6. The van der Waals surface area contributed by atoms with Gasteiger partial charge in [-0.2, -0.15) is 13.2 Å². The van der Waals surface area contributed by atoms with Gasteiger partial charge in [-0.1, -0.05) is 6.07 Å². The van der Waals surface area contributed by atoms with Crippen LogP contribution in [0.25, 0.3) is 11.1 Å². The first kappa shape index (κ1) is 21.4. The smallest absolute Gasteiger partial charge is 0.384 e. The molecule has 4 N–H and O–H groups in total. The second-order valence-corrected chi connectivity index (χ2v) is 7.49. The first-order valence-corrected chi connectivity index (χ1v) is 9.88. The highest BCUT2D eigenvalue weighted by Crippen LogP contribution is 2.41. The molecule has 3 aromatic rings. The lowest BCUT2D eigenvalue weighted by atomic mass is 10.0. The van der Waals surface area contributed by atoms with Crippen LogP contribution in [-0.2, 0) is 6.18 Å². The molecule has 4 rings (SSSR count). The number of nitrogens with one attached hydrogen (secondary N) is 2. The molecule has 0 bridgehead atoms. The molecule has 6 nitrogen and oxygen atoms in total. The van der Waals surface area contributed by atoms with Crippen molar-refractivity contribution >= 4 is 34.6 Å². The quantitative estimate of drug-likeness (QED) is 0.355. The third-order valence-corrected chi connectivity index (χ3v) is 5.31. The zero-order valence-corrected chi connectivity index (χ0v) is 17.2. The number of alkyl halides is 3. The normalized spacial score (nSPS) is 14.2. The molecule has 0 saturated heterocycles. The number of hydrogen-bond acceptors (Lipinski definition) is 5. The monoisotopic (exact) mass is 438 g/mol. The molecule has 9 heteroatoms. The number of aromatic nitrogens is 1. The Hall–Kier alpha value is -3.88. The molecule has 2 aromatic carbocycles. The lowest BCUT2D eigenvalue weighted by Crippen LogP contribution is -2.33. The summed E-state index contributed by atoms with van der Waals surface area (Å²) in [5.74, 6) is 0.830. The number of nitrogens with two attached hydrogens (primary N) is 1. The van der Waals surface area contributed by atoms with E-state index in [2.05, 4.69) is 4.98 Å². The molecule has 0 unspecified atom stereocenters. The lowest BCUT2D eigenvalue weighted by Gasteiger charge is -2.28. The summed E-state index contributed by atoms with van der Waals surface area (Å²) in [5, 5.41) is 16.6. The van der Waals surface area contributed by atoms with E-state index < -0.39 is 11.7 Å². The van der Waals surface area contributed by atoms with E-state index in [0.717, 1.165) is 23.3 Å². The summed E-state index contributed by atoms with van der Waals surface area (Å²) in [6, 6.07) is 14.1. The van der Waals surface area contributed by atoms with E-state index in [4.69, 9.17) is 16.6 Å². The molecule has 1 aromatic heterocycles. The summed E-state index contributed by atoms with van der Waals surface area (Å²) in [4.78, 5) is 7.55. The maximum Gasteiger partial charge on any atom is 0.416 e. The van der Waals surface area contributed by atoms with E-state index in [0.29, 0.717) is 35.8 Å². The van der Waals surface area contributed by atoms with Crippen molar-refractivity contribution in [3.05, 3.63) is 66.4 Å². The molecule has 0 saturated carbocycles. The number of rotatable bonds is 2. The second kappa shape index (κ2) is 7.99. The van der Waals surface area contributed by atoms with Crippen molar-refractivity contribution in [1.82, 2.24) is 4.98 Å². The van der Waals surface area contributed by atoms with Crippen molar-refractivity contribution in [3.63, 3.8) is 0 Å². The van der Waals surface area contributed by atoms with Gasteiger partial charge in [0.05, 0.1) is 16.9 Å². The number of hydrogen-bond donors (Lipinski definition) is 3. The molecular weight excluding hydrogens is 417 g/mol. The lowest BCUT2D eigenvalue weighted by molar-refractivity contribution is -0.137. The van der Waals surface area contributed by atoms with Crippen LogP contribution in [0.5, 0.6) is 0 Å². The molecule has 0 aliphatic carbocycles. The van der Waals surface area contributed by atoms with Crippen LogP contribution in [0.2, 0.25) is 0 Å². The Bertz CT molecular complexity index is 1170. The molecule has 0 amide bonds. The molecule has 32 heavy (non-hydrogen) atoms. The Balaban J connectivity index is 1.86. The number of fused-ring (bicyclic) bond motifs is 1. The van der Waals surface area contributed by atoms with Crippen LogP contribution in [-0.4, -0.2) is 23.2 Å². The van der Waals surface area contributed by atoms with Gasteiger partial charge in [0.15, 0.2) is 0 Å². The molecule has 2 heterocycles. The van der Waals surface area contributed by atoms with E-state index in [1.165, 1.54) is 12.1 Å². The Morgan fingerprint density at radius 1 is 1.00 bits per heavy atom. The highest BCUT2D eigenvalue weighted by atomic mass is 19.4. The third kappa shape index (κ3) is 4.01. The molecule has 0 spiro atoms. The van der Waals surface area contributed by atoms with Crippen molar-refractivity contribution in [2.45, 2.75) is 19.5 Å². The number of halogens is 3. The van der Waals surface area contributed by atoms with Crippen molar-refractivity contribution in [3.8, 4) is 11.1 Å². The summed E-state index contributed by atoms with van der Waals surface area (Å²) >= 11 is 0. The van der Waals surface area contributed by atoms with E-state index in [1.807, 2.05) is 29.2 Å². The van der Waals surface area contributed by atoms with Crippen molar-refractivity contribution < 1.29 is 13.2 Å². The molecule has 1 aliphatic rings. The summed E-state index contributed by atoms with van der Waals surface area (Å²) in [5.41, 5.74) is 8.51. The Kier molecular flexibility index (Phi) is 5.33. The topological polar surface area (TPSA) is 93.1 Å². The van der Waals surface area contributed by atoms with Crippen LogP contribution in [0.1, 0.15) is 18.9 Å². The van der Waals surface area contributed by atoms with Gasteiger partial charge in [0.25, 0.3) is 0 Å². The van der Waals surface area contributed by atoms with Crippen molar-refractivity contribution in [2.24, 2.45) is 0 Å². The Morgan fingerprint density at radius 2 is 1.69 bits per heavy atom. The highest BCUT2D eigenvalue weighted by Gasteiger charge is 2.31. The van der Waals surface area contributed by atoms with Gasteiger partial charge in [-0.05, 0) is 61.0 Å². The van der Waals surface area contributed by atoms with E-state index >= 15 is 0 Å².